The summed E-state index contributed by atoms with van der Waals surface area (Å²) < 4.78 is 0. The number of nitrogens with zero attached hydrogens (tertiary/aromatic N) is 2. The minimum absolute atomic E-state index is 0.0502. The molecule has 3 rings (SSSR count). The third-order valence-corrected chi connectivity index (χ3v) is 4.40. The number of aryl methyl sites for hydroxylation is 2. The summed E-state index contributed by atoms with van der Waals surface area (Å²) in [4.78, 5) is 14.0. The van der Waals surface area contributed by atoms with E-state index < -0.39 is 5.41 Å². The summed E-state index contributed by atoms with van der Waals surface area (Å²) in [6.45, 7) is 0. The van der Waals surface area contributed by atoms with Crippen molar-refractivity contribution < 1.29 is 4.79 Å². The summed E-state index contributed by atoms with van der Waals surface area (Å²) in [7, 11) is 1.78. The highest BCUT2D eigenvalue weighted by Crippen LogP contribution is 2.47. The fourth-order valence-corrected chi connectivity index (χ4v) is 2.87. The standard InChI is InChI=1S/C16H18N2O/c1-18(15(19)16(11-17)8-9-16)14-7-6-12-4-2-3-5-13(12)10-14/h6-7,10H,2-5,8-9H2,1H3. The first kappa shape index (κ1) is 12.2. The third kappa shape index (κ3) is 2.02. The van der Waals surface area contributed by atoms with Gasteiger partial charge in [0.25, 0.3) is 0 Å². The lowest BCUT2D eigenvalue weighted by atomic mass is 9.91. The summed E-state index contributed by atoms with van der Waals surface area (Å²) >= 11 is 0. The number of hydrogen-bond acceptors (Lipinski definition) is 2. The molecule has 0 atom stereocenters. The Balaban J connectivity index is 1.86. The van der Waals surface area contributed by atoms with Gasteiger partial charge in [0.2, 0.25) is 5.91 Å². The van der Waals surface area contributed by atoms with E-state index in [1.54, 1.807) is 11.9 Å². The maximum Gasteiger partial charge on any atom is 0.247 e. The molecule has 3 heteroatoms. The molecule has 0 bridgehead atoms. The van der Waals surface area contributed by atoms with E-state index >= 15 is 0 Å². The molecule has 1 aromatic rings. The molecule has 2 aliphatic carbocycles. The Labute approximate surface area is 113 Å². The molecule has 0 aromatic heterocycles. The molecule has 1 fully saturated rings. The second kappa shape index (κ2) is 4.38. The van der Waals surface area contributed by atoms with Gasteiger partial charge in [-0.15, -0.1) is 0 Å². The van der Waals surface area contributed by atoms with Crippen LogP contribution in [0.15, 0.2) is 18.2 Å². The van der Waals surface area contributed by atoms with E-state index in [1.807, 2.05) is 6.07 Å². The van der Waals surface area contributed by atoms with Gasteiger partial charge in [0, 0.05) is 12.7 Å². The molecule has 1 amide bonds. The Morgan fingerprint density at radius 2 is 1.95 bits per heavy atom. The molecular weight excluding hydrogens is 236 g/mol. The van der Waals surface area contributed by atoms with E-state index in [0.29, 0.717) is 12.8 Å². The van der Waals surface area contributed by atoms with Crippen LogP contribution < -0.4 is 4.90 Å². The maximum atomic E-state index is 12.3. The monoisotopic (exact) mass is 254 g/mol. The molecule has 1 aromatic carbocycles. The number of benzene rings is 1. The molecule has 0 N–H and O–H groups in total. The minimum atomic E-state index is -0.731. The van der Waals surface area contributed by atoms with Crippen LogP contribution in [-0.4, -0.2) is 13.0 Å². The molecule has 0 aliphatic heterocycles. The smallest absolute Gasteiger partial charge is 0.247 e. The van der Waals surface area contributed by atoms with Crippen molar-refractivity contribution in [1.29, 1.82) is 5.26 Å². The van der Waals surface area contributed by atoms with Gasteiger partial charge in [-0.1, -0.05) is 6.07 Å². The lowest BCUT2D eigenvalue weighted by Crippen LogP contribution is -2.33. The van der Waals surface area contributed by atoms with Crippen molar-refractivity contribution in [2.24, 2.45) is 5.41 Å². The zero-order chi connectivity index (χ0) is 13.5. The molecule has 19 heavy (non-hydrogen) atoms. The fourth-order valence-electron chi connectivity index (χ4n) is 2.87. The predicted molar refractivity (Wildman–Crippen MR) is 73.8 cm³/mol. The quantitative estimate of drug-likeness (QED) is 0.814. The van der Waals surface area contributed by atoms with Gasteiger partial charge in [0.05, 0.1) is 6.07 Å². The summed E-state index contributed by atoms with van der Waals surface area (Å²) in [5, 5.41) is 9.12. The van der Waals surface area contributed by atoms with E-state index in [4.69, 9.17) is 5.26 Å². The summed E-state index contributed by atoms with van der Waals surface area (Å²) in [6, 6.07) is 8.45. The molecular formula is C16H18N2O. The first-order valence-corrected chi connectivity index (χ1v) is 6.97. The number of rotatable bonds is 2. The molecule has 0 saturated heterocycles. The summed E-state index contributed by atoms with van der Waals surface area (Å²) in [5.74, 6) is -0.0502. The second-order valence-electron chi connectivity index (χ2n) is 5.72. The van der Waals surface area contributed by atoms with Crippen LogP contribution in [-0.2, 0) is 17.6 Å². The molecule has 0 radical (unpaired) electrons. The van der Waals surface area contributed by atoms with Crippen LogP contribution in [0.5, 0.6) is 0 Å². The highest BCUT2D eigenvalue weighted by Gasteiger charge is 2.52. The van der Waals surface area contributed by atoms with Crippen LogP contribution >= 0.6 is 0 Å². The van der Waals surface area contributed by atoms with Crippen molar-refractivity contribution >= 4 is 11.6 Å². The van der Waals surface area contributed by atoms with Gasteiger partial charge >= 0.3 is 0 Å². The molecule has 0 heterocycles. The summed E-state index contributed by atoms with van der Waals surface area (Å²) in [5.41, 5.74) is 2.97. The van der Waals surface area contributed by atoms with Gasteiger partial charge < -0.3 is 4.90 Å². The highest BCUT2D eigenvalue weighted by atomic mass is 16.2. The number of fused-ring (bicyclic) bond motifs is 1. The molecule has 0 unspecified atom stereocenters. The highest BCUT2D eigenvalue weighted by molar-refractivity contribution is 6.00. The zero-order valence-electron chi connectivity index (χ0n) is 11.3. The number of amides is 1. The Hall–Kier alpha value is -1.82. The van der Waals surface area contributed by atoms with Gasteiger partial charge in [-0.3, -0.25) is 4.79 Å². The van der Waals surface area contributed by atoms with Crippen LogP contribution in [0, 0.1) is 16.7 Å². The lowest BCUT2D eigenvalue weighted by Gasteiger charge is -2.23. The Morgan fingerprint density at radius 1 is 1.26 bits per heavy atom. The topological polar surface area (TPSA) is 44.1 Å². The van der Waals surface area contributed by atoms with Gasteiger partial charge in [-0.2, -0.15) is 5.26 Å². The van der Waals surface area contributed by atoms with Crippen LogP contribution in [0.2, 0.25) is 0 Å². The number of nitriles is 1. The number of anilines is 1. The van der Waals surface area contributed by atoms with Crippen LogP contribution in [0.4, 0.5) is 5.69 Å². The molecule has 0 spiro atoms. The van der Waals surface area contributed by atoms with Crippen molar-refractivity contribution in [2.75, 3.05) is 11.9 Å². The Kier molecular flexibility index (Phi) is 2.82. The van der Waals surface area contributed by atoms with Crippen molar-refractivity contribution in [1.82, 2.24) is 0 Å². The molecule has 3 nitrogen and oxygen atoms in total. The average Bonchev–Trinajstić information content (AvgIpc) is 3.26. The average molecular weight is 254 g/mol. The van der Waals surface area contributed by atoms with Crippen LogP contribution in [0.25, 0.3) is 0 Å². The van der Waals surface area contributed by atoms with E-state index in [2.05, 4.69) is 18.2 Å². The van der Waals surface area contributed by atoms with E-state index in [9.17, 15) is 4.79 Å². The predicted octanol–water partition coefficient (Wildman–Crippen LogP) is 2.83. The Morgan fingerprint density at radius 3 is 2.58 bits per heavy atom. The fraction of sp³-hybridized carbons (Fsp3) is 0.500. The van der Waals surface area contributed by atoms with Crippen molar-refractivity contribution in [3.63, 3.8) is 0 Å². The SMILES string of the molecule is CN(C(=O)C1(C#N)CC1)c1ccc2c(c1)CCCC2. The maximum absolute atomic E-state index is 12.3. The molecule has 2 aliphatic rings. The lowest BCUT2D eigenvalue weighted by molar-refractivity contribution is -0.121. The van der Waals surface area contributed by atoms with Crippen LogP contribution in [0.3, 0.4) is 0 Å². The summed E-state index contributed by atoms with van der Waals surface area (Å²) in [6.07, 6.45) is 6.16. The Bertz CT molecular complexity index is 567. The van der Waals surface area contributed by atoms with E-state index in [-0.39, 0.29) is 5.91 Å². The third-order valence-electron chi connectivity index (χ3n) is 4.40. The zero-order valence-corrected chi connectivity index (χ0v) is 11.3. The molecule has 98 valence electrons. The number of hydrogen-bond donors (Lipinski definition) is 0. The van der Waals surface area contributed by atoms with Gasteiger partial charge in [0.1, 0.15) is 5.41 Å². The number of carbonyl (C=O) groups excluding carboxylic acids is 1. The second-order valence-corrected chi connectivity index (χ2v) is 5.72. The van der Waals surface area contributed by atoms with E-state index in [1.165, 1.54) is 24.0 Å². The molecule has 1 saturated carbocycles. The largest absolute Gasteiger partial charge is 0.314 e. The van der Waals surface area contributed by atoms with E-state index in [0.717, 1.165) is 18.5 Å². The normalized spacial score (nSPS) is 19.2. The van der Waals surface area contributed by atoms with Crippen molar-refractivity contribution in [3.05, 3.63) is 29.3 Å². The van der Waals surface area contributed by atoms with Crippen LogP contribution in [0.1, 0.15) is 36.8 Å². The number of carbonyl (C=O) groups is 1. The first-order valence-electron chi connectivity index (χ1n) is 6.97. The van der Waals surface area contributed by atoms with Gasteiger partial charge in [-0.05, 0) is 61.8 Å². The van der Waals surface area contributed by atoms with Crippen molar-refractivity contribution in [2.45, 2.75) is 38.5 Å². The minimum Gasteiger partial charge on any atom is -0.314 e. The first-order chi connectivity index (χ1) is 9.16. The van der Waals surface area contributed by atoms with Gasteiger partial charge in [-0.25, -0.2) is 0 Å². The van der Waals surface area contributed by atoms with Gasteiger partial charge in [0.15, 0.2) is 0 Å². The van der Waals surface area contributed by atoms with Crippen molar-refractivity contribution in [3.8, 4) is 6.07 Å².